The summed E-state index contributed by atoms with van der Waals surface area (Å²) in [5.74, 6) is 2.44. The highest BCUT2D eigenvalue weighted by Crippen LogP contribution is 2.43. The van der Waals surface area contributed by atoms with E-state index < -0.39 is 6.23 Å². The number of allylic oxidation sites excluding steroid dienone is 1. The van der Waals surface area contributed by atoms with E-state index in [9.17, 15) is 9.90 Å². The van der Waals surface area contributed by atoms with E-state index in [2.05, 4.69) is 6.08 Å². The Bertz CT molecular complexity index is 644. The molecule has 0 saturated carbocycles. The molecule has 1 amide bonds. The quantitative estimate of drug-likeness (QED) is 0.916. The van der Waals surface area contributed by atoms with Gasteiger partial charge < -0.3 is 19.5 Å². The Labute approximate surface area is 140 Å². The lowest BCUT2D eigenvalue weighted by molar-refractivity contribution is -0.132. The van der Waals surface area contributed by atoms with Crippen molar-refractivity contribution in [1.29, 1.82) is 0 Å². The molecule has 2 aliphatic heterocycles. The molecule has 1 N–H and O–H groups in total. The zero-order chi connectivity index (χ0) is 16.4. The van der Waals surface area contributed by atoms with Gasteiger partial charge in [0.05, 0.1) is 14.2 Å². The maximum atomic E-state index is 11.8. The summed E-state index contributed by atoms with van der Waals surface area (Å²) in [6.07, 6.45) is 3.30. The molecule has 1 fully saturated rings. The molecule has 1 atom stereocenters. The van der Waals surface area contributed by atoms with E-state index in [0.29, 0.717) is 25.1 Å². The van der Waals surface area contributed by atoms with Gasteiger partial charge >= 0.3 is 0 Å². The van der Waals surface area contributed by atoms with Crippen molar-refractivity contribution in [3.8, 4) is 11.5 Å². The van der Waals surface area contributed by atoms with Crippen molar-refractivity contribution >= 4 is 23.2 Å². The van der Waals surface area contributed by atoms with Crippen molar-refractivity contribution in [3.05, 3.63) is 23.8 Å². The molecule has 1 aromatic carbocycles. The number of fused-ring (bicyclic) bond motifs is 1. The Morgan fingerprint density at radius 3 is 2.70 bits per heavy atom. The van der Waals surface area contributed by atoms with E-state index in [1.54, 1.807) is 26.0 Å². The minimum absolute atomic E-state index is 0.0204. The normalized spacial score (nSPS) is 22.4. The molecule has 0 spiro atoms. The van der Waals surface area contributed by atoms with Crippen molar-refractivity contribution in [2.45, 2.75) is 30.4 Å². The van der Waals surface area contributed by atoms with Gasteiger partial charge in [-0.3, -0.25) is 4.79 Å². The summed E-state index contributed by atoms with van der Waals surface area (Å²) in [6.45, 7) is 0.452. The van der Waals surface area contributed by atoms with Crippen LogP contribution in [0.1, 0.15) is 24.8 Å². The standard InChI is InChI=1S/C17H21NO4S/c1-21-13-9-12-11(5-7-18-16(19)3-4-17(18)20)6-8-23-15(12)10-14(13)22-2/h5,9-10,16,19H,3-4,6-8H2,1-2H3/b11-5-. The van der Waals surface area contributed by atoms with Gasteiger partial charge in [0.1, 0.15) is 6.23 Å². The molecule has 0 radical (unpaired) electrons. The van der Waals surface area contributed by atoms with E-state index in [4.69, 9.17) is 9.47 Å². The summed E-state index contributed by atoms with van der Waals surface area (Å²) < 4.78 is 10.8. The lowest BCUT2D eigenvalue weighted by Gasteiger charge is -2.23. The van der Waals surface area contributed by atoms with Crippen molar-refractivity contribution < 1.29 is 19.4 Å². The largest absolute Gasteiger partial charge is 0.493 e. The van der Waals surface area contributed by atoms with Gasteiger partial charge in [0, 0.05) is 30.0 Å². The number of benzene rings is 1. The summed E-state index contributed by atoms with van der Waals surface area (Å²) in [7, 11) is 3.26. The van der Waals surface area contributed by atoms with Crippen molar-refractivity contribution in [2.24, 2.45) is 0 Å². The Balaban J connectivity index is 1.88. The predicted octanol–water partition coefficient (Wildman–Crippen LogP) is 2.52. The van der Waals surface area contributed by atoms with Gasteiger partial charge in [-0.05, 0) is 29.7 Å². The van der Waals surface area contributed by atoms with Crippen LogP contribution in [0, 0.1) is 0 Å². The summed E-state index contributed by atoms with van der Waals surface area (Å²) in [5.41, 5.74) is 2.31. The molecule has 124 valence electrons. The predicted molar refractivity (Wildman–Crippen MR) is 89.8 cm³/mol. The van der Waals surface area contributed by atoms with E-state index in [1.807, 2.05) is 12.1 Å². The number of carbonyl (C=O) groups is 1. The molecule has 1 aromatic rings. The van der Waals surface area contributed by atoms with Crippen LogP contribution in [0.25, 0.3) is 5.57 Å². The second-order valence-electron chi connectivity index (χ2n) is 5.60. The fourth-order valence-electron chi connectivity index (χ4n) is 3.00. The number of likely N-dealkylation sites (tertiary alicyclic amines) is 1. The van der Waals surface area contributed by atoms with Crippen LogP contribution in [-0.2, 0) is 4.79 Å². The highest BCUT2D eigenvalue weighted by molar-refractivity contribution is 7.99. The van der Waals surface area contributed by atoms with Crippen LogP contribution >= 0.6 is 11.8 Å². The number of aliphatic hydroxyl groups is 1. The van der Waals surface area contributed by atoms with Gasteiger partial charge in [-0.2, -0.15) is 0 Å². The van der Waals surface area contributed by atoms with Gasteiger partial charge in [-0.25, -0.2) is 0 Å². The lowest BCUT2D eigenvalue weighted by atomic mass is 10.0. The monoisotopic (exact) mass is 335 g/mol. The topological polar surface area (TPSA) is 59.0 Å². The average Bonchev–Trinajstić information content (AvgIpc) is 2.89. The molecule has 0 bridgehead atoms. The fourth-order valence-corrected chi connectivity index (χ4v) is 4.08. The number of aliphatic hydroxyl groups excluding tert-OH is 1. The van der Waals surface area contributed by atoms with Crippen LogP contribution < -0.4 is 9.47 Å². The van der Waals surface area contributed by atoms with Gasteiger partial charge in [0.15, 0.2) is 11.5 Å². The number of hydrogen-bond acceptors (Lipinski definition) is 5. The number of rotatable bonds is 4. The number of carbonyl (C=O) groups excluding carboxylic acids is 1. The van der Waals surface area contributed by atoms with Gasteiger partial charge in [-0.1, -0.05) is 6.08 Å². The molecule has 6 heteroatoms. The van der Waals surface area contributed by atoms with Crippen LogP contribution in [-0.4, -0.2) is 48.7 Å². The van der Waals surface area contributed by atoms with Crippen molar-refractivity contribution in [3.63, 3.8) is 0 Å². The number of amides is 1. The molecular weight excluding hydrogens is 314 g/mol. The van der Waals surface area contributed by atoms with Crippen LogP contribution in [0.2, 0.25) is 0 Å². The van der Waals surface area contributed by atoms with E-state index >= 15 is 0 Å². The summed E-state index contributed by atoms with van der Waals surface area (Å²) in [6, 6.07) is 4.00. The van der Waals surface area contributed by atoms with Crippen LogP contribution in [0.3, 0.4) is 0 Å². The van der Waals surface area contributed by atoms with Crippen LogP contribution in [0.15, 0.2) is 23.1 Å². The smallest absolute Gasteiger partial charge is 0.225 e. The van der Waals surface area contributed by atoms with Crippen LogP contribution in [0.5, 0.6) is 11.5 Å². The molecule has 5 nitrogen and oxygen atoms in total. The lowest BCUT2D eigenvalue weighted by Crippen LogP contribution is -2.32. The molecule has 23 heavy (non-hydrogen) atoms. The van der Waals surface area contributed by atoms with Crippen molar-refractivity contribution in [2.75, 3.05) is 26.5 Å². The minimum Gasteiger partial charge on any atom is -0.493 e. The van der Waals surface area contributed by atoms with Gasteiger partial charge in [-0.15, -0.1) is 11.8 Å². The third-order valence-corrected chi connectivity index (χ3v) is 5.35. The first kappa shape index (κ1) is 16.2. The Morgan fingerprint density at radius 2 is 2.04 bits per heavy atom. The third kappa shape index (κ3) is 3.19. The zero-order valence-corrected chi connectivity index (χ0v) is 14.2. The molecule has 1 saturated heterocycles. The van der Waals surface area contributed by atoms with E-state index in [0.717, 1.165) is 28.4 Å². The fraction of sp³-hybridized carbons (Fsp3) is 0.471. The molecular formula is C17H21NO4S. The summed E-state index contributed by atoms with van der Waals surface area (Å²) in [4.78, 5) is 14.5. The van der Waals surface area contributed by atoms with E-state index in [-0.39, 0.29) is 5.91 Å². The molecule has 3 rings (SSSR count). The van der Waals surface area contributed by atoms with Crippen molar-refractivity contribution in [1.82, 2.24) is 4.90 Å². The number of thioether (sulfide) groups is 1. The second kappa shape index (κ2) is 6.84. The zero-order valence-electron chi connectivity index (χ0n) is 13.4. The Hall–Kier alpha value is -1.66. The SMILES string of the molecule is COc1cc2c(cc1OC)/C(=C\CN1C(=O)CCC1O)CCS2. The summed E-state index contributed by atoms with van der Waals surface area (Å²) in [5, 5.41) is 9.87. The minimum atomic E-state index is -0.651. The molecule has 2 aliphatic rings. The van der Waals surface area contributed by atoms with Gasteiger partial charge in [0.25, 0.3) is 0 Å². The Kier molecular flexibility index (Phi) is 4.82. The summed E-state index contributed by atoms with van der Waals surface area (Å²) >= 11 is 1.79. The van der Waals surface area contributed by atoms with E-state index in [1.165, 1.54) is 10.5 Å². The molecule has 0 aromatic heterocycles. The van der Waals surface area contributed by atoms with Crippen LogP contribution in [0.4, 0.5) is 0 Å². The highest BCUT2D eigenvalue weighted by Gasteiger charge is 2.28. The highest BCUT2D eigenvalue weighted by atomic mass is 32.2. The maximum Gasteiger partial charge on any atom is 0.225 e. The maximum absolute atomic E-state index is 11.8. The first-order valence-electron chi connectivity index (χ1n) is 7.69. The first-order chi connectivity index (χ1) is 11.1. The Morgan fingerprint density at radius 1 is 1.30 bits per heavy atom. The van der Waals surface area contributed by atoms with Gasteiger partial charge in [0.2, 0.25) is 5.91 Å². The third-order valence-electron chi connectivity index (χ3n) is 4.29. The first-order valence-corrected chi connectivity index (χ1v) is 8.68. The number of methoxy groups -OCH3 is 2. The molecule has 1 unspecified atom stereocenters. The number of hydrogen-bond donors (Lipinski definition) is 1. The molecule has 2 heterocycles. The average molecular weight is 335 g/mol. The molecule has 0 aliphatic carbocycles. The number of nitrogens with zero attached hydrogens (tertiary/aromatic N) is 1. The number of ether oxygens (including phenoxy) is 2. The second-order valence-corrected chi connectivity index (χ2v) is 6.73.